The van der Waals surface area contributed by atoms with Crippen molar-refractivity contribution in [2.75, 3.05) is 13.1 Å². The van der Waals surface area contributed by atoms with Crippen LogP contribution in [0.1, 0.15) is 24.0 Å². The Kier molecular flexibility index (Phi) is 2.78. The monoisotopic (exact) mass is 229 g/mol. The molecule has 4 nitrogen and oxygen atoms in total. The zero-order valence-corrected chi connectivity index (χ0v) is 9.79. The van der Waals surface area contributed by atoms with Crippen LogP contribution in [0.5, 0.6) is 0 Å². The Bertz CT molecular complexity index is 476. The molecule has 0 saturated heterocycles. The Morgan fingerprint density at radius 2 is 2.18 bits per heavy atom. The highest BCUT2D eigenvalue weighted by Gasteiger charge is 2.16. The summed E-state index contributed by atoms with van der Waals surface area (Å²) in [6, 6.07) is 8.54. The minimum absolute atomic E-state index is 0.917. The second-order valence-electron chi connectivity index (χ2n) is 4.41. The average Bonchev–Trinajstić information content (AvgIpc) is 2.89. The molecule has 1 aromatic rings. The van der Waals surface area contributed by atoms with Crippen molar-refractivity contribution >= 4 is 11.7 Å². The van der Waals surface area contributed by atoms with Gasteiger partial charge >= 0.3 is 5.96 Å². The Balaban J connectivity index is 1.82. The fourth-order valence-electron chi connectivity index (χ4n) is 2.36. The van der Waals surface area contributed by atoms with Gasteiger partial charge < -0.3 is 0 Å². The van der Waals surface area contributed by atoms with E-state index in [0.29, 0.717) is 0 Å². The predicted octanol–water partition coefficient (Wildman–Crippen LogP) is -0.644. The number of aryl methyl sites for hydroxylation is 1. The maximum Gasteiger partial charge on any atom is 0.367 e. The Hall–Kier alpha value is -1.84. The Labute approximate surface area is 101 Å². The zero-order chi connectivity index (χ0) is 11.5. The van der Waals surface area contributed by atoms with Gasteiger partial charge in [-0.05, 0) is 24.8 Å². The predicted molar refractivity (Wildman–Crippen MR) is 67.9 cm³/mol. The highest BCUT2D eigenvalue weighted by atomic mass is 15.4. The molecular weight excluding hydrogens is 212 g/mol. The van der Waals surface area contributed by atoms with E-state index in [-0.39, 0.29) is 0 Å². The molecule has 0 saturated carbocycles. The van der Waals surface area contributed by atoms with Crippen LogP contribution in [-0.2, 0) is 6.42 Å². The van der Waals surface area contributed by atoms with Gasteiger partial charge in [0, 0.05) is 5.56 Å². The van der Waals surface area contributed by atoms with Crippen LogP contribution >= 0.6 is 0 Å². The number of hydrazone groups is 1. The molecule has 1 heterocycles. The van der Waals surface area contributed by atoms with E-state index in [4.69, 9.17) is 0 Å². The molecule has 0 bridgehead atoms. The first-order valence-corrected chi connectivity index (χ1v) is 6.19. The lowest BCUT2D eigenvalue weighted by atomic mass is 9.90. The number of fused-ring (bicyclic) bond motifs is 1. The van der Waals surface area contributed by atoms with E-state index in [1.807, 2.05) is 0 Å². The summed E-state index contributed by atoms with van der Waals surface area (Å²) >= 11 is 0. The molecular formula is C13H17N4+. The van der Waals surface area contributed by atoms with Crippen molar-refractivity contribution in [1.82, 2.24) is 10.7 Å². The standard InChI is InChI=1S/C13H16N4/c1-2-6-11-10(4-1)5-3-7-12(11)16-17-13-14-8-9-15-13/h1-2,4,6H,3,5,7-9H2,(H2,14,15,17)/p+1/b16-12-. The molecule has 0 aromatic heterocycles. The van der Waals surface area contributed by atoms with Crippen LogP contribution in [0.25, 0.3) is 0 Å². The van der Waals surface area contributed by atoms with Crippen LogP contribution < -0.4 is 15.7 Å². The van der Waals surface area contributed by atoms with E-state index < -0.39 is 0 Å². The molecule has 1 aliphatic carbocycles. The molecule has 17 heavy (non-hydrogen) atoms. The minimum atomic E-state index is 0.917. The Morgan fingerprint density at radius 1 is 1.24 bits per heavy atom. The number of nitrogens with one attached hydrogen (secondary N) is 3. The smallest absolute Gasteiger partial charge is 0.273 e. The summed E-state index contributed by atoms with van der Waals surface area (Å²) in [5.41, 5.74) is 6.95. The lowest BCUT2D eigenvalue weighted by molar-refractivity contribution is -0.446. The normalized spacial score (nSPS) is 20.7. The number of benzene rings is 1. The topological polar surface area (TPSA) is 50.4 Å². The van der Waals surface area contributed by atoms with Gasteiger partial charge in [-0.15, -0.1) is 5.10 Å². The summed E-state index contributed by atoms with van der Waals surface area (Å²) in [6.45, 7) is 1.92. The zero-order valence-electron chi connectivity index (χ0n) is 9.79. The number of hydrogen-bond donors (Lipinski definition) is 3. The first kappa shape index (κ1) is 10.3. The van der Waals surface area contributed by atoms with Crippen molar-refractivity contribution < 1.29 is 4.99 Å². The summed E-state index contributed by atoms with van der Waals surface area (Å²) in [5, 5.41) is 7.72. The summed E-state index contributed by atoms with van der Waals surface area (Å²) in [7, 11) is 0. The molecule has 1 aromatic carbocycles. The van der Waals surface area contributed by atoms with E-state index in [2.05, 4.69) is 45.1 Å². The van der Waals surface area contributed by atoms with Crippen molar-refractivity contribution in [2.24, 2.45) is 5.10 Å². The van der Waals surface area contributed by atoms with Crippen LogP contribution in [0.15, 0.2) is 29.4 Å². The minimum Gasteiger partial charge on any atom is -0.273 e. The second-order valence-corrected chi connectivity index (χ2v) is 4.41. The molecule has 0 amide bonds. The van der Waals surface area contributed by atoms with Crippen LogP contribution in [0.4, 0.5) is 0 Å². The first-order chi connectivity index (χ1) is 8.43. The van der Waals surface area contributed by atoms with Gasteiger partial charge in [0.25, 0.3) is 0 Å². The maximum atomic E-state index is 4.51. The molecule has 3 N–H and O–H groups in total. The van der Waals surface area contributed by atoms with E-state index in [0.717, 1.165) is 31.2 Å². The number of nitrogens with zero attached hydrogens (tertiary/aromatic N) is 1. The molecule has 0 spiro atoms. The summed E-state index contributed by atoms with van der Waals surface area (Å²) < 4.78 is 0. The van der Waals surface area contributed by atoms with Crippen molar-refractivity contribution in [2.45, 2.75) is 19.3 Å². The quantitative estimate of drug-likeness (QED) is 0.561. The number of guanidine groups is 1. The summed E-state index contributed by atoms with van der Waals surface area (Å²) in [4.78, 5) is 3.21. The molecule has 0 atom stereocenters. The fraction of sp³-hybridized carbons (Fsp3) is 0.385. The SMILES string of the molecule is c1ccc2c(c1)CCC/C2=N/NC1=[NH+]CCN1. The lowest BCUT2D eigenvalue weighted by Crippen LogP contribution is -2.73. The van der Waals surface area contributed by atoms with Gasteiger partial charge in [-0.2, -0.15) is 5.43 Å². The van der Waals surface area contributed by atoms with E-state index in [9.17, 15) is 0 Å². The van der Waals surface area contributed by atoms with Crippen LogP contribution in [0.3, 0.4) is 0 Å². The van der Waals surface area contributed by atoms with E-state index in [1.165, 1.54) is 24.0 Å². The lowest BCUT2D eigenvalue weighted by Gasteiger charge is -2.16. The van der Waals surface area contributed by atoms with Crippen LogP contribution in [0.2, 0.25) is 0 Å². The third-order valence-corrected chi connectivity index (χ3v) is 3.22. The first-order valence-electron chi connectivity index (χ1n) is 6.19. The van der Waals surface area contributed by atoms with E-state index >= 15 is 0 Å². The van der Waals surface area contributed by atoms with Gasteiger partial charge in [-0.25, -0.2) is 0 Å². The highest BCUT2D eigenvalue weighted by Crippen LogP contribution is 2.20. The van der Waals surface area contributed by atoms with Crippen molar-refractivity contribution in [3.8, 4) is 0 Å². The molecule has 1 aliphatic heterocycles. The fourth-order valence-corrected chi connectivity index (χ4v) is 2.36. The van der Waals surface area contributed by atoms with Crippen molar-refractivity contribution in [3.05, 3.63) is 35.4 Å². The second kappa shape index (κ2) is 4.57. The third kappa shape index (κ3) is 2.16. The summed E-state index contributed by atoms with van der Waals surface area (Å²) in [6.07, 6.45) is 3.41. The van der Waals surface area contributed by atoms with Crippen LogP contribution in [-0.4, -0.2) is 24.8 Å². The van der Waals surface area contributed by atoms with Gasteiger partial charge in [0.05, 0.1) is 18.8 Å². The molecule has 0 fully saturated rings. The van der Waals surface area contributed by atoms with Gasteiger partial charge in [0.2, 0.25) is 0 Å². The molecule has 0 unspecified atom stereocenters. The van der Waals surface area contributed by atoms with Gasteiger partial charge in [0.1, 0.15) is 0 Å². The van der Waals surface area contributed by atoms with Crippen molar-refractivity contribution in [1.29, 1.82) is 0 Å². The van der Waals surface area contributed by atoms with Gasteiger partial charge in [-0.1, -0.05) is 24.3 Å². The average molecular weight is 229 g/mol. The third-order valence-electron chi connectivity index (χ3n) is 3.22. The number of hydrogen-bond acceptors (Lipinski definition) is 3. The summed E-state index contributed by atoms with van der Waals surface area (Å²) in [5.74, 6) is 0.917. The largest absolute Gasteiger partial charge is 0.367 e. The molecule has 88 valence electrons. The molecule has 3 rings (SSSR count). The number of rotatable bonds is 1. The van der Waals surface area contributed by atoms with Crippen LogP contribution in [0, 0.1) is 0 Å². The Morgan fingerprint density at radius 3 is 3.06 bits per heavy atom. The molecule has 4 heteroatoms. The van der Waals surface area contributed by atoms with Gasteiger partial charge in [-0.3, -0.25) is 10.3 Å². The maximum absolute atomic E-state index is 4.51. The molecule has 2 aliphatic rings. The molecule has 0 radical (unpaired) electrons. The van der Waals surface area contributed by atoms with Gasteiger partial charge in [0.15, 0.2) is 0 Å². The van der Waals surface area contributed by atoms with Crippen molar-refractivity contribution in [3.63, 3.8) is 0 Å². The highest BCUT2D eigenvalue weighted by molar-refractivity contribution is 6.03. The van der Waals surface area contributed by atoms with E-state index in [1.54, 1.807) is 0 Å².